The molecule has 0 saturated carbocycles. The molecule has 1 aromatic carbocycles. The number of carbonyl (C=O) groups excluding carboxylic acids is 1. The normalized spacial score (nSPS) is 16.2. The molecule has 30 heavy (non-hydrogen) atoms. The molecule has 0 radical (unpaired) electrons. The summed E-state index contributed by atoms with van der Waals surface area (Å²) in [5.74, 6) is 0.724. The summed E-state index contributed by atoms with van der Waals surface area (Å²) < 4.78 is 5.18. The Kier molecular flexibility index (Phi) is 5.57. The third-order valence-electron chi connectivity index (χ3n) is 5.57. The van der Waals surface area contributed by atoms with Crippen LogP contribution < -0.4 is 11.0 Å². The van der Waals surface area contributed by atoms with Gasteiger partial charge in [0, 0.05) is 36.8 Å². The van der Waals surface area contributed by atoms with Crippen LogP contribution in [0.4, 0.5) is 0 Å². The van der Waals surface area contributed by atoms with Gasteiger partial charge in [-0.05, 0) is 63.4 Å². The second-order valence-electron chi connectivity index (χ2n) is 7.96. The number of rotatable bonds is 5. The zero-order valence-corrected chi connectivity index (χ0v) is 17.8. The van der Waals surface area contributed by atoms with Gasteiger partial charge >= 0.3 is 5.69 Å². The highest BCUT2D eigenvalue weighted by Crippen LogP contribution is 2.15. The minimum absolute atomic E-state index is 0.0221. The zero-order chi connectivity index (χ0) is 21.3. The molecule has 1 amide bonds. The summed E-state index contributed by atoms with van der Waals surface area (Å²) in [6, 6.07) is 9.52. The molecular weight excluding hydrogens is 380 g/mol. The Morgan fingerprint density at radius 2 is 1.93 bits per heavy atom. The molecule has 0 fully saturated rings. The molecule has 1 atom stereocenters. The monoisotopic (exact) mass is 408 g/mol. The van der Waals surface area contributed by atoms with Gasteiger partial charge in [0.1, 0.15) is 5.82 Å². The fourth-order valence-corrected chi connectivity index (χ4v) is 4.04. The summed E-state index contributed by atoms with van der Waals surface area (Å²) in [5.41, 5.74) is 3.52. The zero-order valence-electron chi connectivity index (χ0n) is 17.8. The number of aryl methyl sites for hydroxylation is 4. The van der Waals surface area contributed by atoms with Crippen molar-refractivity contribution < 1.29 is 4.79 Å². The minimum Gasteiger partial charge on any atom is -0.349 e. The number of hydrogen-bond donors (Lipinski definition) is 1. The van der Waals surface area contributed by atoms with Crippen molar-refractivity contribution in [3.05, 3.63) is 63.6 Å². The molecule has 1 unspecified atom stereocenters. The molecule has 0 saturated heterocycles. The predicted molar refractivity (Wildman–Crippen MR) is 114 cm³/mol. The largest absolute Gasteiger partial charge is 0.349 e. The van der Waals surface area contributed by atoms with Crippen molar-refractivity contribution in [2.24, 2.45) is 0 Å². The van der Waals surface area contributed by atoms with E-state index in [0.29, 0.717) is 25.1 Å². The fourth-order valence-electron chi connectivity index (χ4n) is 4.04. The van der Waals surface area contributed by atoms with Crippen LogP contribution in [0.25, 0.3) is 5.69 Å². The van der Waals surface area contributed by atoms with Gasteiger partial charge in [-0.1, -0.05) is 6.92 Å². The summed E-state index contributed by atoms with van der Waals surface area (Å²) in [7, 11) is 0. The lowest BCUT2D eigenvalue weighted by Gasteiger charge is -2.16. The maximum atomic E-state index is 12.7. The Morgan fingerprint density at radius 1 is 1.17 bits per heavy atom. The van der Waals surface area contributed by atoms with Gasteiger partial charge in [-0.3, -0.25) is 9.36 Å². The maximum Gasteiger partial charge on any atom is 0.345 e. The molecule has 3 aromatic rings. The predicted octanol–water partition coefficient (Wildman–Crippen LogP) is 2.39. The van der Waals surface area contributed by atoms with Crippen LogP contribution in [0.1, 0.15) is 53.8 Å². The van der Waals surface area contributed by atoms with E-state index in [2.05, 4.69) is 15.5 Å². The molecule has 8 heteroatoms. The number of fused-ring (bicyclic) bond motifs is 1. The topological polar surface area (TPSA) is 86.7 Å². The van der Waals surface area contributed by atoms with Crippen LogP contribution in [0.5, 0.6) is 0 Å². The van der Waals surface area contributed by atoms with Gasteiger partial charge in [-0.25, -0.2) is 14.2 Å². The van der Waals surface area contributed by atoms with E-state index < -0.39 is 0 Å². The van der Waals surface area contributed by atoms with Gasteiger partial charge < -0.3 is 5.32 Å². The number of nitrogens with zero attached hydrogens (tertiary/aromatic N) is 5. The van der Waals surface area contributed by atoms with Crippen molar-refractivity contribution in [2.45, 2.75) is 65.6 Å². The number of hydrogen-bond acceptors (Lipinski definition) is 4. The van der Waals surface area contributed by atoms with Crippen molar-refractivity contribution >= 4 is 5.91 Å². The summed E-state index contributed by atoms with van der Waals surface area (Å²) in [4.78, 5) is 25.2. The lowest BCUT2D eigenvalue weighted by atomic mass is 10.1. The average molecular weight is 409 g/mol. The third kappa shape index (κ3) is 3.94. The first-order valence-electron chi connectivity index (χ1n) is 10.6. The SMILES string of the molecule is CCCn1nc2n(c1=O)CCC(NC(=O)c1ccc(-n3nc(C)cc3C)cc1)CC2. The van der Waals surface area contributed by atoms with Gasteiger partial charge in [0.05, 0.1) is 11.4 Å². The Morgan fingerprint density at radius 3 is 2.60 bits per heavy atom. The molecule has 8 nitrogen and oxygen atoms in total. The van der Waals surface area contributed by atoms with Crippen molar-refractivity contribution in [3.8, 4) is 5.69 Å². The van der Waals surface area contributed by atoms with Gasteiger partial charge in [-0.2, -0.15) is 10.2 Å². The third-order valence-corrected chi connectivity index (χ3v) is 5.57. The van der Waals surface area contributed by atoms with Gasteiger partial charge in [0.2, 0.25) is 0 Å². The second kappa shape index (κ2) is 8.30. The highest BCUT2D eigenvalue weighted by atomic mass is 16.2. The van der Waals surface area contributed by atoms with Crippen LogP contribution in [0, 0.1) is 13.8 Å². The molecule has 1 aliphatic heterocycles. The van der Waals surface area contributed by atoms with Crippen LogP contribution in [0.3, 0.4) is 0 Å². The lowest BCUT2D eigenvalue weighted by molar-refractivity contribution is 0.0933. The molecule has 1 aliphatic rings. The summed E-state index contributed by atoms with van der Waals surface area (Å²) in [6.07, 6.45) is 3.07. The first-order chi connectivity index (χ1) is 14.5. The first-order valence-corrected chi connectivity index (χ1v) is 10.6. The molecule has 158 valence electrons. The molecule has 0 bridgehead atoms. The summed E-state index contributed by atoms with van der Waals surface area (Å²) in [5, 5.41) is 12.1. The smallest absolute Gasteiger partial charge is 0.345 e. The van der Waals surface area contributed by atoms with E-state index in [0.717, 1.165) is 42.2 Å². The van der Waals surface area contributed by atoms with Crippen molar-refractivity contribution in [2.75, 3.05) is 0 Å². The number of carbonyl (C=O) groups is 1. The quantitative estimate of drug-likeness (QED) is 0.702. The highest BCUT2D eigenvalue weighted by molar-refractivity contribution is 5.94. The van der Waals surface area contributed by atoms with Crippen LogP contribution in [0.15, 0.2) is 35.1 Å². The Labute approximate surface area is 175 Å². The van der Waals surface area contributed by atoms with E-state index in [1.165, 1.54) is 0 Å². The Balaban J connectivity index is 1.40. The molecule has 4 rings (SSSR count). The Bertz CT molecular complexity index is 1110. The average Bonchev–Trinajstić information content (AvgIpc) is 3.14. The van der Waals surface area contributed by atoms with E-state index >= 15 is 0 Å². The van der Waals surface area contributed by atoms with Gasteiger partial charge in [-0.15, -0.1) is 0 Å². The fraction of sp³-hybridized carbons (Fsp3) is 0.455. The number of nitrogens with one attached hydrogen (secondary N) is 1. The number of aromatic nitrogens is 5. The second-order valence-corrected chi connectivity index (χ2v) is 7.96. The van der Waals surface area contributed by atoms with Crippen LogP contribution in [0.2, 0.25) is 0 Å². The van der Waals surface area contributed by atoms with E-state index in [9.17, 15) is 9.59 Å². The van der Waals surface area contributed by atoms with Crippen LogP contribution in [-0.2, 0) is 19.5 Å². The summed E-state index contributed by atoms with van der Waals surface area (Å²) in [6.45, 7) is 7.23. The minimum atomic E-state index is -0.0946. The van der Waals surface area contributed by atoms with Crippen molar-refractivity contribution in [3.63, 3.8) is 0 Å². The number of amides is 1. The van der Waals surface area contributed by atoms with E-state index in [1.54, 1.807) is 9.25 Å². The van der Waals surface area contributed by atoms with Crippen molar-refractivity contribution in [1.29, 1.82) is 0 Å². The molecule has 3 heterocycles. The van der Waals surface area contributed by atoms with Gasteiger partial charge in [0.15, 0.2) is 0 Å². The maximum absolute atomic E-state index is 12.7. The molecular formula is C22H28N6O2. The highest BCUT2D eigenvalue weighted by Gasteiger charge is 2.22. The van der Waals surface area contributed by atoms with E-state index in [4.69, 9.17) is 0 Å². The Hall–Kier alpha value is -3.16. The molecule has 2 aromatic heterocycles. The standard InChI is InChI=1S/C22H28N6O2/c1-4-12-27-22(30)26-13-11-18(7-10-20(26)25-27)23-21(29)17-5-8-19(9-6-17)28-16(3)14-15(2)24-28/h5-6,8-9,14,18H,4,7,10-13H2,1-3H3,(H,23,29). The van der Waals surface area contributed by atoms with Gasteiger partial charge in [0.25, 0.3) is 5.91 Å². The van der Waals surface area contributed by atoms with Crippen molar-refractivity contribution in [1.82, 2.24) is 29.4 Å². The molecule has 1 N–H and O–H groups in total. The molecule has 0 aliphatic carbocycles. The first kappa shape index (κ1) is 20.1. The van der Waals surface area contributed by atoms with Crippen LogP contribution in [-0.4, -0.2) is 36.1 Å². The van der Waals surface area contributed by atoms with E-state index in [-0.39, 0.29) is 17.6 Å². The van der Waals surface area contributed by atoms with E-state index in [1.807, 2.05) is 55.8 Å². The summed E-state index contributed by atoms with van der Waals surface area (Å²) >= 11 is 0. The molecule has 0 spiro atoms. The lowest BCUT2D eigenvalue weighted by Crippen LogP contribution is -2.35. The number of benzene rings is 1. The van der Waals surface area contributed by atoms with Crippen LogP contribution >= 0.6 is 0 Å².